The second-order valence-electron chi connectivity index (χ2n) is 4.93. The van der Waals surface area contributed by atoms with Gasteiger partial charge in [-0.05, 0) is 13.0 Å². The number of anilines is 2. The lowest BCUT2D eigenvalue weighted by Crippen LogP contribution is -2.56. The summed E-state index contributed by atoms with van der Waals surface area (Å²) >= 11 is 0. The van der Waals surface area contributed by atoms with Crippen LogP contribution in [0.1, 0.15) is 6.92 Å². The first-order valence-electron chi connectivity index (χ1n) is 6.90. The van der Waals surface area contributed by atoms with E-state index in [1.54, 1.807) is 6.20 Å². The van der Waals surface area contributed by atoms with Crippen molar-refractivity contribution in [1.29, 1.82) is 0 Å². The lowest BCUT2D eigenvalue weighted by Gasteiger charge is -2.37. The minimum Gasteiger partial charge on any atom is -0.351 e. The van der Waals surface area contributed by atoms with E-state index in [-0.39, 0.29) is 11.8 Å². The van der Waals surface area contributed by atoms with E-state index in [1.165, 1.54) is 0 Å². The molecular formula is C14H19N5O. The molecule has 0 aliphatic carbocycles. The number of nitrogens with one attached hydrogen (secondary N) is 3. The summed E-state index contributed by atoms with van der Waals surface area (Å²) in [4.78, 5) is 19.2. The van der Waals surface area contributed by atoms with Gasteiger partial charge in [-0.3, -0.25) is 9.69 Å². The average molecular weight is 273 g/mol. The largest absolute Gasteiger partial charge is 0.351 e. The average Bonchev–Trinajstić information content (AvgIpc) is 2.86. The summed E-state index contributed by atoms with van der Waals surface area (Å²) < 4.78 is 0. The van der Waals surface area contributed by atoms with Crippen molar-refractivity contribution in [2.24, 2.45) is 0 Å². The number of rotatable bonds is 2. The van der Waals surface area contributed by atoms with Crippen molar-refractivity contribution in [3.63, 3.8) is 0 Å². The smallest absolute Gasteiger partial charge is 0.273 e. The minimum absolute atomic E-state index is 0.0106. The first kappa shape index (κ1) is 13.0. The van der Waals surface area contributed by atoms with Gasteiger partial charge in [-0.2, -0.15) is 0 Å². The summed E-state index contributed by atoms with van der Waals surface area (Å²) in [5, 5.41) is 6.79. The molecule has 0 aromatic carbocycles. The standard InChI is InChI=1S/C14H19N5O/c1-2-3-8-19-12-11(4-5-16-13(12)20)17-14(19)18-9-6-15-7-10-18/h4-5,14-15,17H,6-10H2,1H3,(H,16,20). The molecule has 106 valence electrons. The van der Waals surface area contributed by atoms with E-state index in [9.17, 15) is 4.79 Å². The molecule has 3 heterocycles. The Balaban J connectivity index is 1.92. The molecule has 2 aliphatic heterocycles. The van der Waals surface area contributed by atoms with Crippen molar-refractivity contribution in [1.82, 2.24) is 15.2 Å². The van der Waals surface area contributed by atoms with Crippen LogP contribution >= 0.6 is 0 Å². The molecule has 6 heteroatoms. The highest BCUT2D eigenvalue weighted by Gasteiger charge is 2.34. The Morgan fingerprint density at radius 3 is 2.95 bits per heavy atom. The predicted molar refractivity (Wildman–Crippen MR) is 79.7 cm³/mol. The lowest BCUT2D eigenvalue weighted by molar-refractivity contribution is 0.191. The van der Waals surface area contributed by atoms with Gasteiger partial charge in [-0.15, -0.1) is 5.92 Å². The molecule has 0 saturated carbocycles. The van der Waals surface area contributed by atoms with Crippen molar-refractivity contribution in [2.45, 2.75) is 13.2 Å². The number of H-pyrrole nitrogens is 1. The maximum Gasteiger partial charge on any atom is 0.273 e. The maximum atomic E-state index is 12.1. The molecule has 1 fully saturated rings. The zero-order valence-electron chi connectivity index (χ0n) is 11.6. The van der Waals surface area contributed by atoms with E-state index in [1.807, 2.05) is 13.0 Å². The van der Waals surface area contributed by atoms with Gasteiger partial charge in [0.25, 0.3) is 5.56 Å². The van der Waals surface area contributed by atoms with E-state index >= 15 is 0 Å². The van der Waals surface area contributed by atoms with E-state index in [2.05, 4.69) is 37.3 Å². The lowest BCUT2D eigenvalue weighted by atomic mass is 10.3. The number of piperazine rings is 1. The fraction of sp³-hybridized carbons (Fsp3) is 0.500. The van der Waals surface area contributed by atoms with Crippen molar-refractivity contribution >= 4 is 11.4 Å². The quantitative estimate of drug-likeness (QED) is 0.653. The maximum absolute atomic E-state index is 12.1. The first-order valence-corrected chi connectivity index (χ1v) is 6.90. The molecule has 6 nitrogen and oxygen atoms in total. The van der Waals surface area contributed by atoms with E-state index < -0.39 is 0 Å². The molecule has 20 heavy (non-hydrogen) atoms. The Kier molecular flexibility index (Phi) is 3.63. The number of pyridine rings is 1. The van der Waals surface area contributed by atoms with Crippen LogP contribution in [-0.4, -0.2) is 48.9 Å². The van der Waals surface area contributed by atoms with Crippen molar-refractivity contribution in [3.05, 3.63) is 22.6 Å². The van der Waals surface area contributed by atoms with Gasteiger partial charge >= 0.3 is 0 Å². The first-order chi connectivity index (χ1) is 9.81. The fourth-order valence-corrected chi connectivity index (χ4v) is 2.76. The second kappa shape index (κ2) is 5.57. The van der Waals surface area contributed by atoms with Crippen LogP contribution in [0.25, 0.3) is 0 Å². The normalized spacial score (nSPS) is 21.9. The third-order valence-electron chi connectivity index (χ3n) is 3.73. The molecule has 1 unspecified atom stereocenters. The summed E-state index contributed by atoms with van der Waals surface area (Å²) in [5.74, 6) is 5.97. The molecule has 2 aliphatic rings. The molecule has 0 spiro atoms. The number of hydrogen-bond acceptors (Lipinski definition) is 5. The zero-order valence-corrected chi connectivity index (χ0v) is 11.6. The molecule has 3 rings (SSSR count). The van der Waals surface area contributed by atoms with Gasteiger partial charge in [0.1, 0.15) is 5.69 Å². The Hall–Kier alpha value is -1.97. The molecule has 1 saturated heterocycles. The third-order valence-corrected chi connectivity index (χ3v) is 3.73. The topological polar surface area (TPSA) is 63.4 Å². The van der Waals surface area contributed by atoms with Crippen LogP contribution in [0.2, 0.25) is 0 Å². The highest BCUT2D eigenvalue weighted by atomic mass is 16.1. The van der Waals surface area contributed by atoms with Gasteiger partial charge in [0.2, 0.25) is 0 Å². The number of aromatic amines is 1. The van der Waals surface area contributed by atoms with Crippen LogP contribution in [0.15, 0.2) is 17.1 Å². The zero-order chi connectivity index (χ0) is 13.9. The van der Waals surface area contributed by atoms with Crippen LogP contribution in [0.3, 0.4) is 0 Å². The van der Waals surface area contributed by atoms with E-state index in [0.29, 0.717) is 12.2 Å². The highest BCUT2D eigenvalue weighted by Crippen LogP contribution is 2.31. The van der Waals surface area contributed by atoms with Gasteiger partial charge in [-0.1, -0.05) is 5.92 Å². The van der Waals surface area contributed by atoms with Crippen LogP contribution < -0.4 is 21.1 Å². The van der Waals surface area contributed by atoms with Crippen LogP contribution in [0, 0.1) is 11.8 Å². The molecule has 0 bridgehead atoms. The molecule has 1 atom stereocenters. The molecule has 0 radical (unpaired) electrons. The fourth-order valence-electron chi connectivity index (χ4n) is 2.76. The number of aromatic nitrogens is 1. The Morgan fingerprint density at radius 1 is 1.40 bits per heavy atom. The van der Waals surface area contributed by atoms with Crippen molar-refractivity contribution in [2.75, 3.05) is 42.9 Å². The van der Waals surface area contributed by atoms with Crippen LogP contribution in [0.4, 0.5) is 11.4 Å². The van der Waals surface area contributed by atoms with Gasteiger partial charge in [-0.25, -0.2) is 0 Å². The molecular weight excluding hydrogens is 254 g/mol. The van der Waals surface area contributed by atoms with Gasteiger partial charge in [0.05, 0.1) is 12.2 Å². The van der Waals surface area contributed by atoms with Gasteiger partial charge in [0.15, 0.2) is 6.29 Å². The summed E-state index contributed by atoms with van der Waals surface area (Å²) in [7, 11) is 0. The van der Waals surface area contributed by atoms with Gasteiger partial charge < -0.3 is 20.5 Å². The third kappa shape index (κ3) is 2.26. The SMILES string of the molecule is CC#CCN1c2c(cc[nH]c2=O)NC1N1CCNCC1. The minimum atomic E-state index is -0.0643. The Bertz CT molecular complexity index is 594. The summed E-state index contributed by atoms with van der Waals surface area (Å²) in [6.45, 7) is 6.23. The summed E-state index contributed by atoms with van der Waals surface area (Å²) in [6, 6.07) is 1.91. The molecule has 3 N–H and O–H groups in total. The van der Waals surface area contributed by atoms with Gasteiger partial charge in [0, 0.05) is 32.4 Å². The Labute approximate surface area is 118 Å². The number of hydrogen-bond donors (Lipinski definition) is 3. The van der Waals surface area contributed by atoms with Crippen LogP contribution in [-0.2, 0) is 0 Å². The molecule has 0 amide bonds. The molecule has 1 aromatic rings. The van der Waals surface area contributed by atoms with E-state index in [4.69, 9.17) is 0 Å². The van der Waals surface area contributed by atoms with Crippen molar-refractivity contribution in [3.8, 4) is 11.8 Å². The van der Waals surface area contributed by atoms with Crippen molar-refractivity contribution < 1.29 is 0 Å². The van der Waals surface area contributed by atoms with Crippen LogP contribution in [0.5, 0.6) is 0 Å². The van der Waals surface area contributed by atoms with E-state index in [0.717, 1.165) is 31.9 Å². The molecule has 1 aromatic heterocycles. The second-order valence-corrected chi connectivity index (χ2v) is 4.93. The number of nitrogens with zero attached hydrogens (tertiary/aromatic N) is 2. The summed E-state index contributed by atoms with van der Waals surface area (Å²) in [5.41, 5.74) is 1.51. The predicted octanol–water partition coefficient (Wildman–Crippen LogP) is -0.181. The highest BCUT2D eigenvalue weighted by molar-refractivity contribution is 5.75. The Morgan fingerprint density at radius 2 is 2.20 bits per heavy atom. The number of fused-ring (bicyclic) bond motifs is 1. The summed E-state index contributed by atoms with van der Waals surface area (Å²) in [6.07, 6.45) is 1.69. The monoisotopic (exact) mass is 273 g/mol.